The Morgan fingerprint density at radius 3 is 2.95 bits per heavy atom. The lowest BCUT2D eigenvalue weighted by molar-refractivity contribution is 0.128. The van der Waals surface area contributed by atoms with Gasteiger partial charge in [-0.3, -0.25) is 0 Å². The first-order valence-corrected chi connectivity index (χ1v) is 6.03. The van der Waals surface area contributed by atoms with Crippen LogP contribution in [-0.2, 0) is 17.9 Å². The molecule has 2 rings (SSSR count). The number of rotatable bonds is 6. The van der Waals surface area contributed by atoms with Crippen LogP contribution in [0.4, 0.5) is 11.6 Å². The Morgan fingerprint density at radius 1 is 1.42 bits per heavy atom. The standard InChI is InChI=1S/C12H17N5O2/c1-3-18-7-11-16-9(13)4-10(17-11)14-6-12-15-5-8(2)19-12/h4-5H,3,6-7H2,1-2H3,(H3,13,14,16,17). The zero-order valence-corrected chi connectivity index (χ0v) is 11.0. The number of ether oxygens (including phenoxy) is 1. The maximum Gasteiger partial charge on any atom is 0.213 e. The molecule has 0 fully saturated rings. The number of hydrogen-bond acceptors (Lipinski definition) is 7. The van der Waals surface area contributed by atoms with Crippen LogP contribution in [0.25, 0.3) is 0 Å². The predicted molar refractivity (Wildman–Crippen MR) is 70.3 cm³/mol. The minimum Gasteiger partial charge on any atom is -0.444 e. The highest BCUT2D eigenvalue weighted by Crippen LogP contribution is 2.11. The summed E-state index contributed by atoms with van der Waals surface area (Å²) < 4.78 is 10.6. The molecule has 7 heteroatoms. The smallest absolute Gasteiger partial charge is 0.213 e. The summed E-state index contributed by atoms with van der Waals surface area (Å²) in [5.74, 6) is 2.94. The monoisotopic (exact) mass is 263 g/mol. The Balaban J connectivity index is 2.01. The van der Waals surface area contributed by atoms with Crippen LogP contribution in [0.1, 0.15) is 24.4 Å². The number of nitrogens with zero attached hydrogens (tertiary/aromatic N) is 3. The molecule has 0 amide bonds. The van der Waals surface area contributed by atoms with Gasteiger partial charge in [0.15, 0.2) is 5.82 Å². The topological polar surface area (TPSA) is 99.1 Å². The van der Waals surface area contributed by atoms with Gasteiger partial charge in [-0.2, -0.15) is 0 Å². The molecule has 0 saturated carbocycles. The number of nitrogen functional groups attached to an aromatic ring is 1. The van der Waals surface area contributed by atoms with Gasteiger partial charge in [0.2, 0.25) is 5.89 Å². The molecule has 7 nitrogen and oxygen atoms in total. The normalized spacial score (nSPS) is 10.6. The highest BCUT2D eigenvalue weighted by Gasteiger charge is 2.05. The SMILES string of the molecule is CCOCc1nc(N)cc(NCc2ncc(C)o2)n1. The molecule has 0 aliphatic heterocycles. The first-order chi connectivity index (χ1) is 9.17. The molecule has 2 heterocycles. The Bertz CT molecular complexity index is 541. The van der Waals surface area contributed by atoms with E-state index in [1.54, 1.807) is 12.3 Å². The van der Waals surface area contributed by atoms with Crippen LogP contribution in [0.3, 0.4) is 0 Å². The van der Waals surface area contributed by atoms with E-state index in [1.165, 1.54) is 0 Å². The van der Waals surface area contributed by atoms with E-state index in [1.807, 2.05) is 13.8 Å². The number of aryl methyl sites for hydroxylation is 1. The average molecular weight is 263 g/mol. The number of nitrogens with two attached hydrogens (primary N) is 1. The van der Waals surface area contributed by atoms with Crippen LogP contribution in [0.2, 0.25) is 0 Å². The second-order valence-corrected chi connectivity index (χ2v) is 3.95. The summed E-state index contributed by atoms with van der Waals surface area (Å²) >= 11 is 0. The van der Waals surface area contributed by atoms with Crippen LogP contribution < -0.4 is 11.1 Å². The van der Waals surface area contributed by atoms with E-state index < -0.39 is 0 Å². The molecule has 2 aromatic rings. The van der Waals surface area contributed by atoms with Gasteiger partial charge in [0.25, 0.3) is 0 Å². The van der Waals surface area contributed by atoms with E-state index in [-0.39, 0.29) is 0 Å². The van der Waals surface area contributed by atoms with E-state index in [9.17, 15) is 0 Å². The first kappa shape index (κ1) is 13.3. The molecule has 0 atom stereocenters. The highest BCUT2D eigenvalue weighted by atomic mass is 16.5. The second kappa shape index (κ2) is 6.14. The molecular weight excluding hydrogens is 246 g/mol. The van der Waals surface area contributed by atoms with Crippen molar-refractivity contribution in [1.82, 2.24) is 15.0 Å². The second-order valence-electron chi connectivity index (χ2n) is 3.95. The molecule has 0 saturated heterocycles. The van der Waals surface area contributed by atoms with Gasteiger partial charge in [-0.05, 0) is 13.8 Å². The minimum atomic E-state index is 0.342. The molecule has 19 heavy (non-hydrogen) atoms. The van der Waals surface area contributed by atoms with Crippen molar-refractivity contribution in [2.45, 2.75) is 27.0 Å². The summed E-state index contributed by atoms with van der Waals surface area (Å²) in [5, 5.41) is 3.09. The third kappa shape index (κ3) is 3.92. The van der Waals surface area contributed by atoms with Gasteiger partial charge in [0.05, 0.1) is 12.7 Å². The fourth-order valence-corrected chi connectivity index (χ4v) is 1.52. The highest BCUT2D eigenvalue weighted by molar-refractivity contribution is 5.44. The van der Waals surface area contributed by atoms with Gasteiger partial charge in [-0.15, -0.1) is 0 Å². The first-order valence-electron chi connectivity index (χ1n) is 6.03. The van der Waals surface area contributed by atoms with Gasteiger partial charge in [0, 0.05) is 12.7 Å². The minimum absolute atomic E-state index is 0.342. The largest absolute Gasteiger partial charge is 0.444 e. The summed E-state index contributed by atoms with van der Waals surface area (Å²) in [6, 6.07) is 1.66. The van der Waals surface area contributed by atoms with Gasteiger partial charge in [0.1, 0.15) is 24.0 Å². The fourth-order valence-electron chi connectivity index (χ4n) is 1.52. The van der Waals surface area contributed by atoms with E-state index in [0.29, 0.717) is 43.1 Å². The molecule has 0 aromatic carbocycles. The molecule has 0 unspecified atom stereocenters. The molecule has 0 aliphatic carbocycles. The quantitative estimate of drug-likeness (QED) is 0.814. The summed E-state index contributed by atoms with van der Waals surface area (Å²) in [6.45, 7) is 5.15. The molecule has 3 N–H and O–H groups in total. The number of nitrogens with one attached hydrogen (secondary N) is 1. The van der Waals surface area contributed by atoms with Crippen molar-refractivity contribution in [2.24, 2.45) is 0 Å². The van der Waals surface area contributed by atoms with Crippen LogP contribution >= 0.6 is 0 Å². The van der Waals surface area contributed by atoms with Gasteiger partial charge in [-0.25, -0.2) is 15.0 Å². The van der Waals surface area contributed by atoms with E-state index >= 15 is 0 Å². The Kier molecular flexibility index (Phi) is 4.30. The van der Waals surface area contributed by atoms with Crippen molar-refractivity contribution < 1.29 is 9.15 Å². The van der Waals surface area contributed by atoms with Crippen LogP contribution in [0, 0.1) is 6.92 Å². The Hall–Kier alpha value is -2.15. The van der Waals surface area contributed by atoms with E-state index in [2.05, 4.69) is 20.3 Å². The Labute approximate surface area is 111 Å². The zero-order valence-electron chi connectivity index (χ0n) is 11.0. The number of aromatic nitrogens is 3. The van der Waals surface area contributed by atoms with Crippen LogP contribution in [0.5, 0.6) is 0 Å². The fraction of sp³-hybridized carbons (Fsp3) is 0.417. The summed E-state index contributed by atoms with van der Waals surface area (Å²) in [6.07, 6.45) is 1.67. The van der Waals surface area contributed by atoms with Crippen LogP contribution in [-0.4, -0.2) is 21.6 Å². The van der Waals surface area contributed by atoms with E-state index in [0.717, 1.165) is 5.76 Å². The van der Waals surface area contributed by atoms with Gasteiger partial charge in [-0.1, -0.05) is 0 Å². The predicted octanol–water partition coefficient (Wildman–Crippen LogP) is 1.50. The number of anilines is 2. The number of oxazole rings is 1. The molecule has 102 valence electrons. The van der Waals surface area contributed by atoms with Crippen molar-refractivity contribution in [3.63, 3.8) is 0 Å². The summed E-state index contributed by atoms with van der Waals surface area (Å²) in [7, 11) is 0. The number of hydrogen-bond donors (Lipinski definition) is 2. The van der Waals surface area contributed by atoms with Crippen molar-refractivity contribution >= 4 is 11.6 Å². The lowest BCUT2D eigenvalue weighted by atomic mass is 10.4. The zero-order chi connectivity index (χ0) is 13.7. The van der Waals surface area contributed by atoms with Crippen molar-refractivity contribution in [3.05, 3.63) is 29.7 Å². The molecule has 0 spiro atoms. The lowest BCUT2D eigenvalue weighted by Crippen LogP contribution is -2.07. The molecule has 0 bridgehead atoms. The molecular formula is C12H17N5O2. The van der Waals surface area contributed by atoms with Crippen LogP contribution in [0.15, 0.2) is 16.7 Å². The summed E-state index contributed by atoms with van der Waals surface area (Å²) in [5.41, 5.74) is 5.72. The Morgan fingerprint density at radius 2 is 2.26 bits per heavy atom. The van der Waals surface area contributed by atoms with E-state index in [4.69, 9.17) is 14.9 Å². The maximum absolute atomic E-state index is 5.72. The van der Waals surface area contributed by atoms with Gasteiger partial charge >= 0.3 is 0 Å². The summed E-state index contributed by atoms with van der Waals surface area (Å²) in [4.78, 5) is 12.5. The maximum atomic E-state index is 5.72. The third-order valence-corrected chi connectivity index (χ3v) is 2.32. The molecule has 0 aliphatic rings. The molecule has 2 aromatic heterocycles. The van der Waals surface area contributed by atoms with Crippen molar-refractivity contribution in [1.29, 1.82) is 0 Å². The average Bonchev–Trinajstić information content (AvgIpc) is 2.79. The molecule has 0 radical (unpaired) electrons. The van der Waals surface area contributed by atoms with Crippen molar-refractivity contribution in [3.8, 4) is 0 Å². The van der Waals surface area contributed by atoms with Gasteiger partial charge < -0.3 is 20.2 Å². The lowest BCUT2D eigenvalue weighted by Gasteiger charge is -2.07. The third-order valence-electron chi connectivity index (χ3n) is 2.32. The van der Waals surface area contributed by atoms with Crippen molar-refractivity contribution in [2.75, 3.05) is 17.7 Å².